The lowest BCUT2D eigenvalue weighted by molar-refractivity contribution is -0.150. The molecule has 1 aliphatic rings. The van der Waals surface area contributed by atoms with Crippen LogP contribution in [0.2, 0.25) is 0 Å². The lowest BCUT2D eigenvalue weighted by Crippen LogP contribution is -2.44. The summed E-state index contributed by atoms with van der Waals surface area (Å²) in [5.74, 6) is -0.0787. The third-order valence-electron chi connectivity index (χ3n) is 4.14. The second-order valence-electron chi connectivity index (χ2n) is 4.98. The van der Waals surface area contributed by atoms with E-state index in [9.17, 15) is 9.90 Å². The van der Waals surface area contributed by atoms with Gasteiger partial charge in [0.2, 0.25) is 5.88 Å². The molecule has 2 heterocycles. The van der Waals surface area contributed by atoms with Crippen LogP contribution in [0.3, 0.4) is 0 Å². The molecule has 0 unspecified atom stereocenters. The smallest absolute Gasteiger partial charge is 0.309 e. The second kappa shape index (κ2) is 5.47. The minimum absolute atomic E-state index is 0.548. The molecule has 0 saturated carbocycles. The van der Waals surface area contributed by atoms with Crippen molar-refractivity contribution >= 4 is 11.7 Å². The van der Waals surface area contributed by atoms with E-state index in [-0.39, 0.29) is 0 Å². The van der Waals surface area contributed by atoms with Crippen LogP contribution >= 0.6 is 0 Å². The largest absolute Gasteiger partial charge is 0.481 e. The molecule has 0 amide bonds. The number of piperidine rings is 1. The zero-order valence-corrected chi connectivity index (χ0v) is 11.4. The lowest BCUT2D eigenvalue weighted by Gasteiger charge is -2.39. The van der Waals surface area contributed by atoms with Crippen LogP contribution in [-0.4, -0.2) is 36.3 Å². The fourth-order valence-corrected chi connectivity index (χ4v) is 2.62. The maximum atomic E-state index is 11.4. The van der Waals surface area contributed by atoms with Gasteiger partial charge >= 0.3 is 5.97 Å². The number of methoxy groups -OCH3 is 1. The van der Waals surface area contributed by atoms with Crippen LogP contribution in [0.5, 0.6) is 5.88 Å². The molecular formula is C14H20N2O3. The summed E-state index contributed by atoms with van der Waals surface area (Å²) >= 11 is 0. The number of ether oxygens (including phenoxy) is 1. The van der Waals surface area contributed by atoms with Crippen LogP contribution in [0.1, 0.15) is 26.2 Å². The lowest BCUT2D eigenvalue weighted by atomic mass is 9.76. The molecule has 1 aliphatic heterocycles. The number of pyridine rings is 1. The van der Waals surface area contributed by atoms with Crippen LogP contribution < -0.4 is 9.64 Å². The molecule has 1 aromatic heterocycles. The molecule has 0 atom stereocenters. The Bertz CT molecular complexity index is 454. The molecule has 0 spiro atoms. The summed E-state index contributed by atoms with van der Waals surface area (Å²) in [6, 6.07) is 3.82. The highest BCUT2D eigenvalue weighted by atomic mass is 16.5. The van der Waals surface area contributed by atoms with E-state index in [0.717, 1.165) is 18.8 Å². The number of hydrogen-bond donors (Lipinski definition) is 1. The summed E-state index contributed by atoms with van der Waals surface area (Å²) in [6.45, 7) is 3.47. The Morgan fingerprint density at radius 1 is 1.53 bits per heavy atom. The summed E-state index contributed by atoms with van der Waals surface area (Å²) in [6.07, 6.45) is 3.77. The van der Waals surface area contributed by atoms with Crippen LogP contribution in [0.15, 0.2) is 18.3 Å². The number of anilines is 1. The average molecular weight is 264 g/mol. The van der Waals surface area contributed by atoms with Crippen molar-refractivity contribution in [1.29, 1.82) is 0 Å². The summed E-state index contributed by atoms with van der Waals surface area (Å²) < 4.78 is 5.11. The van der Waals surface area contributed by atoms with E-state index in [0.29, 0.717) is 25.1 Å². The van der Waals surface area contributed by atoms with E-state index in [1.165, 1.54) is 0 Å². The predicted octanol–water partition coefficient (Wildman–Crippen LogP) is 2.17. The SMILES string of the molecule is CCC1(C(=O)O)CCN(c2ccnc(OC)c2)CC1. The molecule has 104 valence electrons. The molecule has 0 aromatic carbocycles. The van der Waals surface area contributed by atoms with Crippen LogP contribution in [0.25, 0.3) is 0 Å². The van der Waals surface area contributed by atoms with Crippen molar-refractivity contribution in [2.24, 2.45) is 5.41 Å². The van der Waals surface area contributed by atoms with E-state index in [4.69, 9.17) is 4.74 Å². The third kappa shape index (κ3) is 2.64. The number of carboxylic acids is 1. The van der Waals surface area contributed by atoms with Gasteiger partial charge < -0.3 is 14.7 Å². The van der Waals surface area contributed by atoms with E-state index in [2.05, 4.69) is 9.88 Å². The van der Waals surface area contributed by atoms with Gasteiger partial charge in [-0.15, -0.1) is 0 Å². The van der Waals surface area contributed by atoms with E-state index >= 15 is 0 Å². The maximum Gasteiger partial charge on any atom is 0.309 e. The minimum atomic E-state index is -0.665. The van der Waals surface area contributed by atoms with E-state index in [1.807, 2.05) is 19.1 Å². The van der Waals surface area contributed by atoms with Crippen LogP contribution in [-0.2, 0) is 4.79 Å². The van der Waals surface area contributed by atoms with Gasteiger partial charge in [0.25, 0.3) is 0 Å². The minimum Gasteiger partial charge on any atom is -0.481 e. The molecule has 1 aromatic rings. The summed E-state index contributed by atoms with van der Waals surface area (Å²) in [5, 5.41) is 9.38. The first kappa shape index (κ1) is 13.6. The first-order chi connectivity index (χ1) is 9.11. The molecule has 19 heavy (non-hydrogen) atoms. The number of aliphatic carboxylic acids is 1. The van der Waals surface area contributed by atoms with Crippen molar-refractivity contribution in [3.8, 4) is 5.88 Å². The molecule has 1 N–H and O–H groups in total. The Kier molecular flexibility index (Phi) is 3.93. The van der Waals surface area contributed by atoms with Gasteiger partial charge in [-0.3, -0.25) is 4.79 Å². The Hall–Kier alpha value is -1.78. The van der Waals surface area contributed by atoms with E-state index < -0.39 is 11.4 Å². The first-order valence-electron chi connectivity index (χ1n) is 6.60. The highest BCUT2D eigenvalue weighted by molar-refractivity contribution is 5.75. The number of hydrogen-bond acceptors (Lipinski definition) is 4. The van der Waals surface area contributed by atoms with Gasteiger partial charge in [-0.25, -0.2) is 4.98 Å². The van der Waals surface area contributed by atoms with Gasteiger partial charge in [0, 0.05) is 31.0 Å². The standard InChI is InChI=1S/C14H20N2O3/c1-3-14(13(17)18)5-8-16(9-6-14)11-4-7-15-12(10-11)19-2/h4,7,10H,3,5-6,8-9H2,1-2H3,(H,17,18). The topological polar surface area (TPSA) is 62.7 Å². The molecule has 2 rings (SSSR count). The monoisotopic (exact) mass is 264 g/mol. The van der Waals surface area contributed by atoms with Crippen LogP contribution in [0, 0.1) is 5.41 Å². The number of rotatable bonds is 4. The quantitative estimate of drug-likeness (QED) is 0.903. The molecular weight excluding hydrogens is 244 g/mol. The van der Waals surface area contributed by atoms with Gasteiger partial charge in [0.05, 0.1) is 12.5 Å². The average Bonchev–Trinajstić information content (AvgIpc) is 2.47. The Morgan fingerprint density at radius 3 is 2.74 bits per heavy atom. The Balaban J connectivity index is 2.09. The van der Waals surface area contributed by atoms with Gasteiger partial charge in [0.15, 0.2) is 0 Å². The maximum absolute atomic E-state index is 11.4. The third-order valence-corrected chi connectivity index (χ3v) is 4.14. The number of carbonyl (C=O) groups is 1. The molecule has 5 heteroatoms. The predicted molar refractivity (Wildman–Crippen MR) is 72.6 cm³/mol. The fourth-order valence-electron chi connectivity index (χ4n) is 2.62. The molecule has 5 nitrogen and oxygen atoms in total. The zero-order chi connectivity index (χ0) is 13.9. The van der Waals surface area contributed by atoms with Crippen molar-refractivity contribution in [1.82, 2.24) is 4.98 Å². The van der Waals surface area contributed by atoms with Gasteiger partial charge in [-0.2, -0.15) is 0 Å². The summed E-state index contributed by atoms with van der Waals surface area (Å²) in [4.78, 5) is 17.7. The van der Waals surface area contributed by atoms with Crippen molar-refractivity contribution in [2.75, 3.05) is 25.1 Å². The molecule has 0 aliphatic carbocycles. The molecule has 1 saturated heterocycles. The zero-order valence-electron chi connectivity index (χ0n) is 11.4. The van der Waals surface area contributed by atoms with Crippen molar-refractivity contribution in [2.45, 2.75) is 26.2 Å². The van der Waals surface area contributed by atoms with E-state index in [1.54, 1.807) is 13.3 Å². The van der Waals surface area contributed by atoms with Crippen molar-refractivity contribution in [3.63, 3.8) is 0 Å². The normalized spacial score (nSPS) is 18.1. The molecule has 1 fully saturated rings. The summed E-state index contributed by atoms with van der Waals surface area (Å²) in [7, 11) is 1.59. The number of nitrogens with zero attached hydrogens (tertiary/aromatic N) is 2. The summed E-state index contributed by atoms with van der Waals surface area (Å²) in [5.41, 5.74) is 0.495. The van der Waals surface area contributed by atoms with Crippen LogP contribution in [0.4, 0.5) is 5.69 Å². The molecule has 0 radical (unpaired) electrons. The van der Waals surface area contributed by atoms with Crippen molar-refractivity contribution < 1.29 is 14.6 Å². The fraction of sp³-hybridized carbons (Fsp3) is 0.571. The second-order valence-corrected chi connectivity index (χ2v) is 4.98. The van der Waals surface area contributed by atoms with Crippen molar-refractivity contribution in [3.05, 3.63) is 18.3 Å². The highest BCUT2D eigenvalue weighted by Gasteiger charge is 2.39. The Labute approximate surface area is 113 Å². The van der Waals surface area contributed by atoms with Gasteiger partial charge in [-0.05, 0) is 25.3 Å². The van der Waals surface area contributed by atoms with Gasteiger partial charge in [0.1, 0.15) is 0 Å². The number of carboxylic acid groups (broad SMARTS) is 1. The molecule has 0 bridgehead atoms. The first-order valence-corrected chi connectivity index (χ1v) is 6.60. The Morgan fingerprint density at radius 2 is 2.21 bits per heavy atom. The van der Waals surface area contributed by atoms with Gasteiger partial charge in [-0.1, -0.05) is 6.92 Å². The highest BCUT2D eigenvalue weighted by Crippen LogP contribution is 2.36. The number of aromatic nitrogens is 1.